The number of piperidine rings is 1. The van der Waals surface area contributed by atoms with Crippen LogP contribution in [-0.4, -0.2) is 35.7 Å². The molecule has 8 heteroatoms. The molecule has 0 saturated carbocycles. The van der Waals surface area contributed by atoms with E-state index in [9.17, 15) is 18.0 Å². The lowest BCUT2D eigenvalue weighted by molar-refractivity contribution is -0.137. The highest BCUT2D eigenvalue weighted by molar-refractivity contribution is 6.39. The Labute approximate surface area is 178 Å². The van der Waals surface area contributed by atoms with Gasteiger partial charge in [-0.05, 0) is 30.0 Å². The first-order valence-corrected chi connectivity index (χ1v) is 10.4. The quantitative estimate of drug-likeness (QED) is 0.768. The molecule has 31 heavy (non-hydrogen) atoms. The van der Waals surface area contributed by atoms with Crippen LogP contribution >= 0.6 is 0 Å². The predicted octanol–water partition coefficient (Wildman–Crippen LogP) is 4.30. The Morgan fingerprint density at radius 1 is 1.10 bits per heavy atom. The van der Waals surface area contributed by atoms with E-state index in [1.807, 2.05) is 30.3 Å². The molecule has 1 amide bonds. The molecular weight excluding hydrogens is 407 g/mol. The molecule has 0 radical (unpaired) electrons. The fourth-order valence-corrected chi connectivity index (χ4v) is 3.97. The van der Waals surface area contributed by atoms with Crippen molar-refractivity contribution < 1.29 is 22.8 Å². The van der Waals surface area contributed by atoms with Crippen molar-refractivity contribution in [2.75, 3.05) is 13.1 Å². The summed E-state index contributed by atoms with van der Waals surface area (Å²) in [5.41, 5.74) is 1.39. The monoisotopic (exact) mass is 431 g/mol. The van der Waals surface area contributed by atoms with Crippen molar-refractivity contribution in [3.63, 3.8) is 0 Å². The van der Waals surface area contributed by atoms with Crippen LogP contribution in [0.3, 0.4) is 0 Å². The molecule has 0 spiro atoms. The third kappa shape index (κ3) is 5.44. The number of rotatable bonds is 5. The normalized spacial score (nSPS) is 20.2. The Kier molecular flexibility index (Phi) is 6.27. The smallest absolute Gasteiger partial charge is 0.387 e. The largest absolute Gasteiger partial charge is 0.416 e. The van der Waals surface area contributed by atoms with Gasteiger partial charge in [0, 0.05) is 32.1 Å². The van der Waals surface area contributed by atoms with Crippen molar-refractivity contribution in [2.45, 2.75) is 44.1 Å². The van der Waals surface area contributed by atoms with Crippen molar-refractivity contribution >= 4 is 11.6 Å². The molecule has 1 unspecified atom stereocenters. The second kappa shape index (κ2) is 9.09. The Bertz CT molecular complexity index is 939. The van der Waals surface area contributed by atoms with Gasteiger partial charge in [-0.15, -0.1) is 0 Å². The molecule has 2 aromatic rings. The van der Waals surface area contributed by atoms with Crippen LogP contribution in [-0.2, 0) is 22.4 Å². The summed E-state index contributed by atoms with van der Waals surface area (Å²) in [6.07, 6.45) is -2.66. The zero-order valence-corrected chi connectivity index (χ0v) is 16.9. The molecule has 2 aromatic carbocycles. The molecule has 1 saturated heterocycles. The van der Waals surface area contributed by atoms with Crippen LogP contribution in [0.1, 0.15) is 42.1 Å². The summed E-state index contributed by atoms with van der Waals surface area (Å²) >= 11 is 0. The van der Waals surface area contributed by atoms with Gasteiger partial charge >= 0.3 is 6.18 Å². The van der Waals surface area contributed by atoms with E-state index in [-0.39, 0.29) is 18.1 Å². The summed E-state index contributed by atoms with van der Waals surface area (Å²) in [5.74, 6) is -0.213. The van der Waals surface area contributed by atoms with Crippen LogP contribution < -0.4 is 5.32 Å². The van der Waals surface area contributed by atoms with Gasteiger partial charge in [0.15, 0.2) is 6.10 Å². The maximum absolute atomic E-state index is 12.9. The summed E-state index contributed by atoms with van der Waals surface area (Å²) in [5, 5.41) is 6.98. The lowest BCUT2D eigenvalue weighted by Gasteiger charge is -2.32. The Morgan fingerprint density at radius 3 is 2.55 bits per heavy atom. The van der Waals surface area contributed by atoms with Gasteiger partial charge in [0.1, 0.15) is 5.71 Å². The number of nitrogens with zero attached hydrogens (tertiary/aromatic N) is 2. The molecule has 1 N–H and O–H groups in total. The molecule has 2 aliphatic heterocycles. The third-order valence-corrected chi connectivity index (χ3v) is 5.69. The number of amides is 1. The van der Waals surface area contributed by atoms with Crippen molar-refractivity contribution in [3.05, 3.63) is 71.3 Å². The molecule has 0 aliphatic carbocycles. The first kappa shape index (κ1) is 21.4. The standard InChI is InChI=1S/C23H24F3N3O2/c24-23(25,26)18-8-4-5-16(13-18)15-29-11-9-19(10-12-29)27-22(30)20-14-21(31-28-20)17-6-2-1-3-7-17/h1-8,13,19,21H,9-12,14-15H2,(H,27,30). The fraction of sp³-hybridized carbons (Fsp3) is 0.391. The van der Waals surface area contributed by atoms with Crippen LogP contribution in [0, 0.1) is 0 Å². The first-order chi connectivity index (χ1) is 14.9. The minimum atomic E-state index is -4.33. The van der Waals surface area contributed by atoms with E-state index >= 15 is 0 Å². The molecule has 5 nitrogen and oxygen atoms in total. The zero-order chi connectivity index (χ0) is 21.8. The van der Waals surface area contributed by atoms with Crippen LogP contribution in [0.15, 0.2) is 59.8 Å². The average molecular weight is 431 g/mol. The SMILES string of the molecule is O=C(NC1CCN(Cc2cccc(C(F)(F)F)c2)CC1)C1=NOC(c2ccccc2)C1. The number of benzene rings is 2. The predicted molar refractivity (Wildman–Crippen MR) is 110 cm³/mol. The lowest BCUT2D eigenvalue weighted by Crippen LogP contribution is -2.46. The first-order valence-electron chi connectivity index (χ1n) is 10.4. The summed E-state index contributed by atoms with van der Waals surface area (Å²) in [7, 11) is 0. The molecule has 0 aromatic heterocycles. The van der Waals surface area contributed by atoms with Gasteiger partial charge in [-0.1, -0.05) is 53.7 Å². The van der Waals surface area contributed by atoms with Gasteiger partial charge in [0.2, 0.25) is 0 Å². The maximum Gasteiger partial charge on any atom is 0.416 e. The highest BCUT2D eigenvalue weighted by Crippen LogP contribution is 2.30. The Balaban J connectivity index is 1.24. The average Bonchev–Trinajstić information content (AvgIpc) is 3.26. The van der Waals surface area contributed by atoms with E-state index < -0.39 is 11.7 Å². The second-order valence-corrected chi connectivity index (χ2v) is 7.97. The van der Waals surface area contributed by atoms with E-state index in [4.69, 9.17) is 4.84 Å². The van der Waals surface area contributed by atoms with Crippen molar-refractivity contribution in [3.8, 4) is 0 Å². The summed E-state index contributed by atoms with van der Waals surface area (Å²) in [6.45, 7) is 1.87. The number of oxime groups is 1. The summed E-state index contributed by atoms with van der Waals surface area (Å²) in [6, 6.07) is 15.1. The number of carbonyl (C=O) groups is 1. The van der Waals surface area contributed by atoms with Gasteiger partial charge in [0.25, 0.3) is 5.91 Å². The number of carbonyl (C=O) groups excluding carboxylic acids is 1. The van der Waals surface area contributed by atoms with E-state index in [2.05, 4.69) is 15.4 Å². The number of halogens is 3. The van der Waals surface area contributed by atoms with Gasteiger partial charge in [-0.25, -0.2) is 0 Å². The van der Waals surface area contributed by atoms with Crippen LogP contribution in [0.25, 0.3) is 0 Å². The van der Waals surface area contributed by atoms with E-state index in [1.165, 1.54) is 12.1 Å². The van der Waals surface area contributed by atoms with E-state index in [0.717, 1.165) is 24.5 Å². The lowest BCUT2D eigenvalue weighted by atomic mass is 10.0. The summed E-state index contributed by atoms with van der Waals surface area (Å²) < 4.78 is 38.7. The van der Waals surface area contributed by atoms with Crippen molar-refractivity contribution in [2.24, 2.45) is 5.16 Å². The highest BCUT2D eigenvalue weighted by atomic mass is 19.4. The molecule has 1 fully saturated rings. The fourth-order valence-electron chi connectivity index (χ4n) is 3.97. The highest BCUT2D eigenvalue weighted by Gasteiger charge is 2.31. The minimum absolute atomic E-state index is 0.0173. The topological polar surface area (TPSA) is 53.9 Å². The second-order valence-electron chi connectivity index (χ2n) is 7.97. The minimum Gasteiger partial charge on any atom is -0.387 e. The van der Waals surface area contributed by atoms with Crippen LogP contribution in [0.2, 0.25) is 0 Å². The number of nitrogens with one attached hydrogen (secondary N) is 1. The molecule has 2 aliphatic rings. The van der Waals surface area contributed by atoms with Crippen molar-refractivity contribution in [1.82, 2.24) is 10.2 Å². The van der Waals surface area contributed by atoms with Gasteiger partial charge in [-0.2, -0.15) is 13.2 Å². The number of alkyl halides is 3. The van der Waals surface area contributed by atoms with Gasteiger partial charge in [-0.3, -0.25) is 9.69 Å². The van der Waals surface area contributed by atoms with Gasteiger partial charge < -0.3 is 10.2 Å². The number of hydrogen-bond acceptors (Lipinski definition) is 4. The van der Waals surface area contributed by atoms with Gasteiger partial charge in [0.05, 0.1) is 5.56 Å². The molecule has 0 bridgehead atoms. The third-order valence-electron chi connectivity index (χ3n) is 5.69. The molecular formula is C23H24F3N3O2. The Morgan fingerprint density at radius 2 is 1.84 bits per heavy atom. The number of likely N-dealkylation sites (tertiary alicyclic amines) is 1. The Hall–Kier alpha value is -2.87. The zero-order valence-electron chi connectivity index (χ0n) is 16.9. The summed E-state index contributed by atoms with van der Waals surface area (Å²) in [4.78, 5) is 20.1. The van der Waals surface area contributed by atoms with Crippen molar-refractivity contribution in [1.29, 1.82) is 0 Å². The van der Waals surface area contributed by atoms with E-state index in [1.54, 1.807) is 6.07 Å². The van der Waals surface area contributed by atoms with Crippen LogP contribution in [0.5, 0.6) is 0 Å². The van der Waals surface area contributed by atoms with E-state index in [0.29, 0.717) is 37.3 Å². The number of hydrogen-bond donors (Lipinski definition) is 1. The molecule has 2 heterocycles. The molecule has 4 rings (SSSR count). The molecule has 164 valence electrons. The van der Waals surface area contributed by atoms with Crippen LogP contribution in [0.4, 0.5) is 13.2 Å². The molecule has 1 atom stereocenters. The maximum atomic E-state index is 12.9.